The number of alkyl halides is 1. The van der Waals surface area contributed by atoms with Crippen LogP contribution in [0.25, 0.3) is 0 Å². The van der Waals surface area contributed by atoms with E-state index in [1.165, 1.54) is 19.3 Å². The molecule has 0 bridgehead atoms. The number of halogens is 1. The number of rotatable bonds is 7. The zero-order valence-corrected chi connectivity index (χ0v) is 10.7. The maximum absolute atomic E-state index is 13.2. The van der Waals surface area contributed by atoms with E-state index in [9.17, 15) is 4.39 Å². The molecule has 0 nitrogen and oxygen atoms in total. The normalized spacial score (nSPS) is 14.5. The molecule has 80 valence electrons. The first-order chi connectivity index (χ1) is 5.98. The maximum atomic E-state index is 13.2. The molecule has 0 fully saturated rings. The molecule has 0 saturated heterocycles. The summed E-state index contributed by atoms with van der Waals surface area (Å²) in [6.07, 6.45) is 5.13. The predicted octanol–water partition coefficient (Wildman–Crippen LogP) is 4.13. The van der Waals surface area contributed by atoms with Crippen molar-refractivity contribution in [1.29, 1.82) is 0 Å². The third-order valence-corrected chi connectivity index (χ3v) is 2.82. The molecule has 1 atom stereocenters. The predicted molar refractivity (Wildman–Crippen MR) is 68.0 cm³/mol. The second-order valence-corrected chi connectivity index (χ2v) is 6.53. The van der Waals surface area contributed by atoms with E-state index in [0.29, 0.717) is 6.42 Å². The molecule has 0 spiro atoms. The van der Waals surface area contributed by atoms with Gasteiger partial charge in [-0.05, 0) is 6.42 Å². The molecule has 4 heteroatoms. The first-order valence-corrected chi connectivity index (χ1v) is 6.13. The van der Waals surface area contributed by atoms with E-state index < -0.39 is 9.58 Å². The molecular weight excluding hydrogens is 223 g/mol. The Hall–Kier alpha value is 0.980. The summed E-state index contributed by atoms with van der Waals surface area (Å²) in [7, 11) is 0. The van der Waals surface area contributed by atoms with Crippen molar-refractivity contribution in [3.8, 4) is 0 Å². The lowest BCUT2D eigenvalue weighted by Crippen LogP contribution is -2.20. The fraction of sp³-hybridized carbons (Fsp3) is 1.00. The van der Waals surface area contributed by atoms with Crippen molar-refractivity contribution in [3.05, 3.63) is 0 Å². The summed E-state index contributed by atoms with van der Waals surface area (Å²) < 4.78 is 12.1. The summed E-state index contributed by atoms with van der Waals surface area (Å²) >= 11 is 11.8. The van der Waals surface area contributed by atoms with E-state index in [4.69, 9.17) is 0 Å². The monoisotopic (exact) mass is 242 g/mol. The molecule has 0 aliphatic rings. The van der Waals surface area contributed by atoms with Gasteiger partial charge in [0.05, 0.1) is 0 Å². The third kappa shape index (κ3) is 8.01. The first-order valence-electron chi connectivity index (χ1n) is 4.79. The van der Waals surface area contributed by atoms with Crippen LogP contribution in [-0.2, 0) is 0 Å². The Morgan fingerprint density at radius 1 is 1.08 bits per heavy atom. The van der Waals surface area contributed by atoms with Crippen LogP contribution in [0.2, 0.25) is 0 Å². The van der Waals surface area contributed by atoms with Crippen LogP contribution in [-0.4, -0.2) is 9.58 Å². The lowest BCUT2D eigenvalue weighted by molar-refractivity contribution is 0.318. The molecule has 0 aliphatic heterocycles. The van der Waals surface area contributed by atoms with Gasteiger partial charge in [-0.1, -0.05) is 39.0 Å². The molecule has 0 amide bonds. The van der Waals surface area contributed by atoms with Crippen molar-refractivity contribution in [3.63, 3.8) is 0 Å². The Labute approximate surface area is 97.3 Å². The Kier molecular flexibility index (Phi) is 7.85. The van der Waals surface area contributed by atoms with E-state index in [1.807, 2.05) is 0 Å². The molecule has 0 N–H and O–H groups in total. The molecule has 0 radical (unpaired) electrons. The van der Waals surface area contributed by atoms with E-state index in [1.54, 1.807) is 0 Å². The Morgan fingerprint density at radius 2 is 1.62 bits per heavy atom. The molecule has 0 aromatic rings. The van der Waals surface area contributed by atoms with Crippen LogP contribution in [0.3, 0.4) is 0 Å². The maximum Gasteiger partial charge on any atom is 0.132 e. The number of hydrogen-bond acceptors (Lipinski definition) is 3. The van der Waals surface area contributed by atoms with Crippen molar-refractivity contribution in [1.82, 2.24) is 0 Å². The SMILES string of the molecule is CCCCCCCC(F)C(S)(S)S. The first kappa shape index (κ1) is 14.0. The van der Waals surface area contributed by atoms with E-state index in [2.05, 4.69) is 44.8 Å². The quantitative estimate of drug-likeness (QED) is 0.334. The number of thiol groups is 3. The van der Waals surface area contributed by atoms with Crippen molar-refractivity contribution in [2.45, 2.75) is 55.0 Å². The molecule has 0 aromatic carbocycles. The van der Waals surface area contributed by atoms with Crippen LogP contribution >= 0.6 is 37.9 Å². The van der Waals surface area contributed by atoms with Crippen molar-refractivity contribution in [2.75, 3.05) is 0 Å². The third-order valence-electron chi connectivity index (χ3n) is 1.98. The van der Waals surface area contributed by atoms with Gasteiger partial charge in [-0.15, -0.1) is 37.9 Å². The molecular formula is C9H19FS3. The fourth-order valence-corrected chi connectivity index (χ4v) is 1.51. The summed E-state index contributed by atoms with van der Waals surface area (Å²) in [5.41, 5.74) is 0. The second kappa shape index (κ2) is 7.30. The van der Waals surface area contributed by atoms with E-state index in [0.717, 1.165) is 12.8 Å². The highest BCUT2D eigenvalue weighted by atomic mass is 32.2. The van der Waals surface area contributed by atoms with Gasteiger partial charge in [0.1, 0.15) is 9.58 Å². The average molecular weight is 242 g/mol. The van der Waals surface area contributed by atoms with Gasteiger partial charge in [-0.3, -0.25) is 0 Å². The average Bonchev–Trinajstić information content (AvgIpc) is 2.02. The molecule has 0 aliphatic carbocycles. The van der Waals surface area contributed by atoms with Crippen LogP contribution in [0.5, 0.6) is 0 Å². The van der Waals surface area contributed by atoms with Gasteiger partial charge >= 0.3 is 0 Å². The van der Waals surface area contributed by atoms with Crippen molar-refractivity contribution < 1.29 is 4.39 Å². The van der Waals surface area contributed by atoms with Crippen LogP contribution < -0.4 is 0 Å². The lowest BCUT2D eigenvalue weighted by atomic mass is 10.1. The summed E-state index contributed by atoms with van der Waals surface area (Å²) in [5.74, 6) is 0. The topological polar surface area (TPSA) is 0 Å². The lowest BCUT2D eigenvalue weighted by Gasteiger charge is -2.20. The standard InChI is InChI=1S/C9H19FS3/c1-2-3-4-5-6-7-8(10)9(11,12)13/h8,11-13H,2-7H2,1H3. The van der Waals surface area contributed by atoms with Crippen molar-refractivity contribution in [2.24, 2.45) is 0 Å². The molecule has 0 rings (SSSR count). The van der Waals surface area contributed by atoms with Gasteiger partial charge < -0.3 is 0 Å². The van der Waals surface area contributed by atoms with Gasteiger partial charge in [0.2, 0.25) is 0 Å². The second-order valence-electron chi connectivity index (χ2n) is 3.36. The Bertz CT molecular complexity index is 123. The van der Waals surface area contributed by atoms with Gasteiger partial charge in [0.15, 0.2) is 0 Å². The number of hydrogen-bond donors (Lipinski definition) is 3. The fourth-order valence-electron chi connectivity index (χ4n) is 1.12. The molecule has 13 heavy (non-hydrogen) atoms. The van der Waals surface area contributed by atoms with Gasteiger partial charge in [-0.2, -0.15) is 0 Å². The van der Waals surface area contributed by atoms with E-state index >= 15 is 0 Å². The molecule has 0 saturated carbocycles. The zero-order chi connectivity index (χ0) is 10.3. The number of unbranched alkanes of at least 4 members (excludes halogenated alkanes) is 4. The summed E-state index contributed by atoms with van der Waals surface area (Å²) in [5, 5.41) is 0. The summed E-state index contributed by atoms with van der Waals surface area (Å²) in [4.78, 5) is 0. The Morgan fingerprint density at radius 3 is 2.08 bits per heavy atom. The largest absolute Gasteiger partial charge is 0.244 e. The Balaban J connectivity index is 3.32. The van der Waals surface area contributed by atoms with Gasteiger partial charge in [0.25, 0.3) is 0 Å². The minimum Gasteiger partial charge on any atom is -0.244 e. The smallest absolute Gasteiger partial charge is 0.132 e. The highest BCUT2D eigenvalue weighted by molar-refractivity contribution is 8.17. The molecule has 0 aromatic heterocycles. The van der Waals surface area contributed by atoms with Crippen LogP contribution in [0.4, 0.5) is 4.39 Å². The van der Waals surface area contributed by atoms with Gasteiger partial charge in [-0.25, -0.2) is 4.39 Å². The van der Waals surface area contributed by atoms with Crippen LogP contribution in [0.1, 0.15) is 45.4 Å². The molecule has 1 unspecified atom stereocenters. The summed E-state index contributed by atoms with van der Waals surface area (Å²) in [6, 6.07) is 0. The summed E-state index contributed by atoms with van der Waals surface area (Å²) in [6.45, 7) is 2.16. The zero-order valence-electron chi connectivity index (χ0n) is 8.04. The van der Waals surface area contributed by atoms with Crippen molar-refractivity contribution >= 4 is 37.9 Å². The highest BCUT2D eigenvalue weighted by Gasteiger charge is 2.26. The van der Waals surface area contributed by atoms with Gasteiger partial charge in [0, 0.05) is 0 Å². The minimum absolute atomic E-state index is 0.514. The van der Waals surface area contributed by atoms with Crippen LogP contribution in [0, 0.1) is 0 Å². The van der Waals surface area contributed by atoms with E-state index in [-0.39, 0.29) is 0 Å². The highest BCUT2D eigenvalue weighted by Crippen LogP contribution is 2.33. The van der Waals surface area contributed by atoms with Crippen LogP contribution in [0.15, 0.2) is 0 Å². The minimum atomic E-state index is -1.08. The molecule has 0 heterocycles.